The zero-order chi connectivity index (χ0) is 31.1. The number of rotatable bonds is 8. The van der Waals surface area contributed by atoms with E-state index in [0.29, 0.717) is 54.8 Å². The van der Waals surface area contributed by atoms with Crippen molar-refractivity contribution in [3.8, 4) is 11.3 Å². The summed E-state index contributed by atoms with van der Waals surface area (Å²) in [6.07, 6.45) is 5.04. The minimum absolute atomic E-state index is 0.0424. The zero-order valence-electron chi connectivity index (χ0n) is 25.8. The predicted octanol–water partition coefficient (Wildman–Crippen LogP) is 6.28. The number of anilines is 1. The number of hydrogen-bond donors (Lipinski definition) is 1. The molecule has 10 heteroatoms. The van der Waals surface area contributed by atoms with Crippen LogP contribution in [0.2, 0.25) is 0 Å². The lowest BCUT2D eigenvalue weighted by molar-refractivity contribution is 0.0671. The van der Waals surface area contributed by atoms with Crippen LogP contribution in [0.5, 0.6) is 0 Å². The number of aromatic nitrogens is 3. The summed E-state index contributed by atoms with van der Waals surface area (Å²) >= 11 is 0. The summed E-state index contributed by atoms with van der Waals surface area (Å²) in [4.78, 5) is 34.6. The Kier molecular flexibility index (Phi) is 7.89. The molecule has 3 aliphatic rings. The largest absolute Gasteiger partial charge is 0.450 e. The van der Waals surface area contributed by atoms with Crippen molar-refractivity contribution in [2.75, 3.05) is 31.1 Å². The molecule has 4 aromatic rings. The van der Waals surface area contributed by atoms with Crippen molar-refractivity contribution in [1.82, 2.24) is 24.8 Å². The second-order valence-corrected chi connectivity index (χ2v) is 12.5. The smallest absolute Gasteiger partial charge is 0.407 e. The van der Waals surface area contributed by atoms with Crippen molar-refractivity contribution in [2.45, 2.75) is 70.4 Å². The number of fused-ring (bicyclic) bond motifs is 2. The van der Waals surface area contributed by atoms with Gasteiger partial charge in [-0.05, 0) is 74.4 Å². The van der Waals surface area contributed by atoms with Crippen molar-refractivity contribution in [2.24, 2.45) is 0 Å². The molecule has 0 spiro atoms. The number of nitrogens with zero attached hydrogens (tertiary/aromatic N) is 5. The number of amides is 2. The van der Waals surface area contributed by atoms with Crippen LogP contribution in [0.15, 0.2) is 54.6 Å². The fourth-order valence-electron chi connectivity index (χ4n) is 6.64. The highest BCUT2D eigenvalue weighted by Gasteiger charge is 2.33. The Hall–Kier alpha value is -4.47. The van der Waals surface area contributed by atoms with Crippen molar-refractivity contribution in [3.05, 3.63) is 82.9 Å². The Morgan fingerprint density at radius 1 is 1.07 bits per heavy atom. The number of alkyl carbamates (subject to hydrolysis) is 1. The molecule has 2 aromatic heterocycles. The molecule has 9 nitrogen and oxygen atoms in total. The highest BCUT2D eigenvalue weighted by molar-refractivity contribution is 5.93. The predicted molar refractivity (Wildman–Crippen MR) is 170 cm³/mol. The van der Waals surface area contributed by atoms with E-state index in [2.05, 4.69) is 29.3 Å². The van der Waals surface area contributed by atoms with E-state index in [-0.39, 0.29) is 23.8 Å². The minimum Gasteiger partial charge on any atom is -0.450 e. The third-order valence-electron chi connectivity index (χ3n) is 9.36. The van der Waals surface area contributed by atoms with E-state index in [0.717, 1.165) is 49.9 Å². The number of benzene rings is 2. The van der Waals surface area contributed by atoms with Gasteiger partial charge in [0.2, 0.25) is 0 Å². The summed E-state index contributed by atoms with van der Waals surface area (Å²) in [5.41, 5.74) is 5.98. The van der Waals surface area contributed by atoms with E-state index in [4.69, 9.17) is 14.8 Å². The molecular weight excluding hydrogens is 571 g/mol. The summed E-state index contributed by atoms with van der Waals surface area (Å²) < 4.78 is 22.6. The molecule has 7 rings (SSSR count). The Morgan fingerprint density at radius 2 is 1.91 bits per heavy atom. The first kappa shape index (κ1) is 29.3. The van der Waals surface area contributed by atoms with Gasteiger partial charge in [0.1, 0.15) is 11.5 Å². The molecule has 45 heavy (non-hydrogen) atoms. The molecule has 1 saturated heterocycles. The summed E-state index contributed by atoms with van der Waals surface area (Å²) in [6.45, 7) is 6.47. The van der Waals surface area contributed by atoms with Crippen LogP contribution >= 0.6 is 0 Å². The van der Waals surface area contributed by atoms with E-state index >= 15 is 4.39 Å². The summed E-state index contributed by atoms with van der Waals surface area (Å²) in [5.74, 6) is -0.161. The van der Waals surface area contributed by atoms with Crippen LogP contribution in [0.3, 0.4) is 0 Å². The van der Waals surface area contributed by atoms with Gasteiger partial charge < -0.3 is 19.9 Å². The zero-order valence-corrected chi connectivity index (χ0v) is 25.8. The fourth-order valence-corrected chi connectivity index (χ4v) is 6.64. The quantitative estimate of drug-likeness (QED) is 0.236. The van der Waals surface area contributed by atoms with E-state index < -0.39 is 6.09 Å². The first-order chi connectivity index (χ1) is 21.9. The number of carbonyl (C=O) groups excluding carboxylic acids is 2. The maximum Gasteiger partial charge on any atom is 0.407 e. The minimum atomic E-state index is -0.400. The van der Waals surface area contributed by atoms with Crippen LogP contribution < -0.4 is 10.2 Å². The van der Waals surface area contributed by atoms with E-state index in [1.54, 1.807) is 16.6 Å². The van der Waals surface area contributed by atoms with Crippen LogP contribution in [0, 0.1) is 5.82 Å². The van der Waals surface area contributed by atoms with Gasteiger partial charge >= 0.3 is 6.09 Å². The molecule has 2 fully saturated rings. The monoisotopic (exact) mass is 610 g/mol. The first-order valence-corrected chi connectivity index (χ1v) is 16.2. The molecule has 234 valence electrons. The Balaban J connectivity index is 1.10. The van der Waals surface area contributed by atoms with Gasteiger partial charge in [0.05, 0.1) is 24.4 Å². The maximum absolute atomic E-state index is 15.6. The molecule has 2 amide bonds. The maximum atomic E-state index is 15.6. The molecular formula is C35H39FN6O3. The fraction of sp³-hybridized carbons (Fsp3) is 0.429. The molecule has 1 saturated carbocycles. The number of unbranched alkanes of at least 4 members (excludes halogenated alkanes) is 1. The Bertz CT molecular complexity index is 1750. The average Bonchev–Trinajstić information content (AvgIpc) is 3.63. The molecule has 0 unspecified atom stereocenters. The molecule has 1 N–H and O–H groups in total. The third kappa shape index (κ3) is 5.85. The second-order valence-electron chi connectivity index (χ2n) is 12.5. The summed E-state index contributed by atoms with van der Waals surface area (Å²) in [5, 5.41) is 7.70. The topological polar surface area (TPSA) is 92.1 Å². The van der Waals surface area contributed by atoms with Gasteiger partial charge in [0.25, 0.3) is 5.91 Å². The average molecular weight is 611 g/mol. The second kappa shape index (κ2) is 12.1. The summed E-state index contributed by atoms with van der Waals surface area (Å²) in [6, 6.07) is 17.0. The van der Waals surface area contributed by atoms with E-state index in [1.807, 2.05) is 36.1 Å². The van der Waals surface area contributed by atoms with Gasteiger partial charge in [-0.25, -0.2) is 18.7 Å². The molecule has 0 radical (unpaired) electrons. The van der Waals surface area contributed by atoms with E-state index in [1.165, 1.54) is 17.2 Å². The van der Waals surface area contributed by atoms with Crippen molar-refractivity contribution < 1.29 is 18.7 Å². The van der Waals surface area contributed by atoms with Crippen molar-refractivity contribution in [1.29, 1.82) is 0 Å². The van der Waals surface area contributed by atoms with Gasteiger partial charge in [-0.3, -0.25) is 4.79 Å². The van der Waals surface area contributed by atoms with Crippen LogP contribution in [-0.2, 0) is 11.2 Å². The standard InChI is InChI=1S/C35H39FN6O3/c1-3-4-17-45-35(44)37-25-14-15-40(21-25)26-11-12-28(29(36)18-26)30-20-33-38-31(19-32(24-9-10-24)42(33)39-30)34(43)41-16-13-23-7-5-6-8-27(23)22(41)2/h5-8,11-12,18-20,22,24-25H,3-4,9-10,13-17,21H2,1-2H3,(H,37,44)/t22-,25-/m1/s1. The lowest BCUT2D eigenvalue weighted by atomic mass is 9.93. The molecule has 0 bridgehead atoms. The molecule has 2 atom stereocenters. The number of hydrogen-bond acceptors (Lipinski definition) is 6. The van der Waals surface area contributed by atoms with E-state index in [9.17, 15) is 9.59 Å². The van der Waals surface area contributed by atoms with Gasteiger partial charge in [0, 0.05) is 48.6 Å². The van der Waals surface area contributed by atoms with Gasteiger partial charge in [-0.2, -0.15) is 5.10 Å². The van der Waals surface area contributed by atoms with Crippen molar-refractivity contribution in [3.63, 3.8) is 0 Å². The van der Waals surface area contributed by atoms with Crippen LogP contribution in [-0.4, -0.2) is 63.8 Å². The van der Waals surface area contributed by atoms with Crippen molar-refractivity contribution >= 4 is 23.3 Å². The Morgan fingerprint density at radius 3 is 2.71 bits per heavy atom. The first-order valence-electron chi connectivity index (χ1n) is 16.2. The SMILES string of the molecule is CCCCOC(=O)N[C@@H]1CCN(c2ccc(-c3cc4nc(C(=O)N5CCc6ccccc6[C@H]5C)cc(C5CC5)n4n3)c(F)c2)C1. The Labute approximate surface area is 262 Å². The normalized spacial score (nSPS) is 19.5. The van der Waals surface area contributed by atoms with Gasteiger partial charge in [-0.15, -0.1) is 0 Å². The summed E-state index contributed by atoms with van der Waals surface area (Å²) in [7, 11) is 0. The number of ether oxygens (including phenoxy) is 1. The van der Waals surface area contributed by atoms with Crippen LogP contribution in [0.4, 0.5) is 14.9 Å². The number of nitrogens with one attached hydrogen (secondary N) is 1. The highest BCUT2D eigenvalue weighted by Crippen LogP contribution is 2.41. The number of carbonyl (C=O) groups is 2. The highest BCUT2D eigenvalue weighted by atomic mass is 19.1. The molecule has 4 heterocycles. The molecule has 2 aliphatic heterocycles. The van der Waals surface area contributed by atoms with Gasteiger partial charge in [-0.1, -0.05) is 37.6 Å². The van der Waals surface area contributed by atoms with Gasteiger partial charge in [0.15, 0.2) is 5.65 Å². The molecule has 1 aliphatic carbocycles. The number of halogens is 1. The van der Waals surface area contributed by atoms with Crippen LogP contribution in [0.25, 0.3) is 16.9 Å². The third-order valence-corrected chi connectivity index (χ3v) is 9.36. The van der Waals surface area contributed by atoms with Crippen LogP contribution in [0.1, 0.15) is 85.2 Å². The lowest BCUT2D eigenvalue weighted by Crippen LogP contribution is -2.39. The molecule has 2 aromatic carbocycles. The lowest BCUT2D eigenvalue weighted by Gasteiger charge is -2.35.